The SMILES string of the molecule is Cc1cc(Oc2ccccc2F)ccc1-n1ncc(C(=O)c2cc3cc(OCCN4C[C@@H]5C[C@H]4CN5S(C)(=O)=O)c(NS(C)(=O)=O)cc3[nH]2)c1N. The van der Waals surface area contributed by atoms with Crippen molar-refractivity contribution in [2.75, 3.05) is 49.2 Å². The van der Waals surface area contributed by atoms with Crippen LogP contribution in [0.2, 0.25) is 0 Å². The molecule has 2 aliphatic heterocycles. The van der Waals surface area contributed by atoms with Crippen molar-refractivity contribution in [1.29, 1.82) is 0 Å². The Hall–Kier alpha value is -4.97. The predicted octanol–water partition coefficient (Wildman–Crippen LogP) is 3.88. The number of nitrogens with one attached hydrogen (secondary N) is 2. The number of piperazine rings is 1. The molecule has 2 atom stereocenters. The second-order valence-corrected chi connectivity index (χ2v) is 16.6. The van der Waals surface area contributed by atoms with Crippen molar-refractivity contribution in [2.45, 2.75) is 25.4 Å². The van der Waals surface area contributed by atoms with E-state index in [1.165, 1.54) is 29.3 Å². The van der Waals surface area contributed by atoms with E-state index in [1.54, 1.807) is 52.8 Å². The van der Waals surface area contributed by atoms with E-state index in [4.69, 9.17) is 15.2 Å². The summed E-state index contributed by atoms with van der Waals surface area (Å²) in [4.78, 5) is 19.0. The molecular weight excluding hydrogens is 702 g/mol. The molecule has 2 saturated heterocycles. The number of carbonyl (C=O) groups is 1. The second kappa shape index (κ2) is 13.0. The first kappa shape index (κ1) is 34.5. The molecule has 2 aromatic heterocycles. The minimum absolute atomic E-state index is 0.0583. The Labute approximate surface area is 294 Å². The zero-order valence-corrected chi connectivity index (χ0v) is 29.6. The highest BCUT2D eigenvalue weighted by Crippen LogP contribution is 2.35. The number of likely N-dealkylation sites (tertiary alicyclic amines) is 1. The van der Waals surface area contributed by atoms with Crippen LogP contribution in [0.3, 0.4) is 0 Å². The normalized spacial score (nSPS) is 18.0. The van der Waals surface area contributed by atoms with E-state index in [2.05, 4.69) is 19.7 Å². The topological polar surface area (TPSA) is 182 Å². The van der Waals surface area contributed by atoms with Crippen molar-refractivity contribution in [1.82, 2.24) is 24.0 Å². The number of carbonyl (C=O) groups excluding carboxylic acids is 1. The quantitative estimate of drug-likeness (QED) is 0.159. The van der Waals surface area contributed by atoms with Gasteiger partial charge in [0.05, 0.1) is 41.3 Å². The average Bonchev–Trinajstić information content (AvgIpc) is 3.84. The third-order valence-corrected chi connectivity index (χ3v) is 11.0. The number of rotatable bonds is 12. The highest BCUT2D eigenvalue weighted by molar-refractivity contribution is 7.92. The molecule has 2 aliphatic rings. The molecule has 0 unspecified atom stereocenters. The molecule has 268 valence electrons. The molecule has 4 N–H and O–H groups in total. The number of nitrogens with zero attached hydrogens (tertiary/aromatic N) is 4. The Morgan fingerprint density at radius 1 is 1.04 bits per heavy atom. The van der Waals surface area contributed by atoms with Crippen molar-refractivity contribution < 1.29 is 35.5 Å². The van der Waals surface area contributed by atoms with E-state index in [0.717, 1.165) is 18.2 Å². The first-order valence-corrected chi connectivity index (χ1v) is 19.8. The number of aromatic amines is 1. The maximum Gasteiger partial charge on any atom is 0.229 e. The molecule has 3 aromatic carbocycles. The van der Waals surface area contributed by atoms with Gasteiger partial charge in [-0.25, -0.2) is 25.9 Å². The lowest BCUT2D eigenvalue weighted by Crippen LogP contribution is -2.49. The standard InChI is InChI=1S/C34H36FN7O7S2/c1-20-12-24(49-31-7-5-4-6-26(31)35)8-9-30(20)42-34(36)25(17-37-42)33(43)29-13-21-14-32(28(16-27(21)38-29)39-50(2,44)45)48-11-10-40-18-23-15-22(40)19-41(23)51(3,46)47/h4-9,12-14,16-17,22-23,38-39H,10-11,15,18-19,36H2,1-3H3/t22-,23-/m0/s1. The van der Waals surface area contributed by atoms with Gasteiger partial charge in [-0.15, -0.1) is 0 Å². The van der Waals surface area contributed by atoms with E-state index < -0.39 is 31.6 Å². The second-order valence-electron chi connectivity index (χ2n) is 12.9. The Kier molecular flexibility index (Phi) is 8.77. The molecule has 5 aromatic rings. The molecule has 0 saturated carbocycles. The maximum absolute atomic E-state index is 14.1. The number of ether oxygens (including phenoxy) is 2. The lowest BCUT2D eigenvalue weighted by atomic mass is 10.1. The van der Waals surface area contributed by atoms with Crippen LogP contribution in [0.5, 0.6) is 17.2 Å². The van der Waals surface area contributed by atoms with E-state index >= 15 is 0 Å². The molecule has 0 spiro atoms. The zero-order valence-electron chi connectivity index (χ0n) is 28.0. The van der Waals surface area contributed by atoms with Crippen molar-refractivity contribution in [3.8, 4) is 22.9 Å². The van der Waals surface area contributed by atoms with Gasteiger partial charge in [0.25, 0.3) is 0 Å². The fourth-order valence-electron chi connectivity index (χ4n) is 6.80. The minimum atomic E-state index is -3.68. The highest BCUT2D eigenvalue weighted by atomic mass is 32.2. The van der Waals surface area contributed by atoms with Gasteiger partial charge in [-0.1, -0.05) is 12.1 Å². The number of hydrogen-bond donors (Lipinski definition) is 3. The van der Waals surface area contributed by atoms with Crippen LogP contribution in [0, 0.1) is 12.7 Å². The number of ketones is 1. The first-order chi connectivity index (χ1) is 24.1. The number of nitrogens with two attached hydrogens (primary N) is 1. The largest absolute Gasteiger partial charge is 0.490 e. The molecule has 2 fully saturated rings. The van der Waals surface area contributed by atoms with Gasteiger partial charge < -0.3 is 20.2 Å². The smallest absolute Gasteiger partial charge is 0.229 e. The number of para-hydroxylation sites is 1. The van der Waals surface area contributed by atoms with Crippen LogP contribution < -0.4 is 19.9 Å². The lowest BCUT2D eigenvalue weighted by molar-refractivity contribution is 0.103. The monoisotopic (exact) mass is 737 g/mol. The number of benzene rings is 3. The minimum Gasteiger partial charge on any atom is -0.490 e. The summed E-state index contributed by atoms with van der Waals surface area (Å²) in [7, 11) is -6.93. The summed E-state index contributed by atoms with van der Waals surface area (Å²) in [6.45, 7) is 3.61. The van der Waals surface area contributed by atoms with Crippen LogP contribution in [0.4, 0.5) is 15.9 Å². The lowest BCUT2D eigenvalue weighted by Gasteiger charge is -2.32. The van der Waals surface area contributed by atoms with Crippen LogP contribution >= 0.6 is 0 Å². The molecular formula is C34H36FN7O7S2. The fraction of sp³-hybridized carbons (Fsp3) is 0.294. The zero-order chi connectivity index (χ0) is 36.2. The van der Waals surface area contributed by atoms with Crippen molar-refractivity contribution >= 4 is 48.2 Å². The number of aromatic nitrogens is 3. The third kappa shape index (κ3) is 7.01. The van der Waals surface area contributed by atoms with Gasteiger partial charge >= 0.3 is 0 Å². The van der Waals surface area contributed by atoms with Crippen LogP contribution in [0.1, 0.15) is 28.0 Å². The van der Waals surface area contributed by atoms with E-state index in [1.807, 2.05) is 6.92 Å². The van der Waals surface area contributed by atoms with Crippen LogP contribution in [0.25, 0.3) is 16.6 Å². The Bertz CT molecular complexity index is 2390. The summed E-state index contributed by atoms with van der Waals surface area (Å²) in [6, 6.07) is 16.0. The van der Waals surface area contributed by atoms with Crippen molar-refractivity contribution in [3.63, 3.8) is 0 Å². The molecule has 51 heavy (non-hydrogen) atoms. The first-order valence-electron chi connectivity index (χ1n) is 16.0. The molecule has 0 radical (unpaired) electrons. The number of hydrogen-bond acceptors (Lipinski definition) is 10. The fourth-order valence-corrected chi connectivity index (χ4v) is 8.50. The summed E-state index contributed by atoms with van der Waals surface area (Å²) in [5.41, 5.74) is 8.79. The maximum atomic E-state index is 14.1. The van der Waals surface area contributed by atoms with Gasteiger partial charge in [0.15, 0.2) is 11.6 Å². The van der Waals surface area contributed by atoms with Crippen LogP contribution in [-0.4, -0.2) is 97.4 Å². The summed E-state index contributed by atoms with van der Waals surface area (Å²) < 4.78 is 79.9. The summed E-state index contributed by atoms with van der Waals surface area (Å²) in [5, 5.41) is 4.96. The van der Waals surface area contributed by atoms with Crippen LogP contribution in [-0.2, 0) is 20.0 Å². The number of halogens is 1. The Balaban J connectivity index is 1.09. The number of H-pyrrole nitrogens is 1. The number of anilines is 2. The van der Waals surface area contributed by atoms with Gasteiger partial charge in [-0.05, 0) is 67.4 Å². The van der Waals surface area contributed by atoms with Gasteiger partial charge in [-0.2, -0.15) is 9.40 Å². The van der Waals surface area contributed by atoms with Crippen molar-refractivity contribution in [3.05, 3.63) is 89.5 Å². The number of sulfonamides is 2. The summed E-state index contributed by atoms with van der Waals surface area (Å²) in [6.07, 6.45) is 4.40. The Morgan fingerprint density at radius 3 is 2.51 bits per heavy atom. The molecule has 2 bridgehead atoms. The van der Waals surface area contributed by atoms with Gasteiger partial charge in [0.1, 0.15) is 23.9 Å². The molecule has 0 aliphatic carbocycles. The molecule has 4 heterocycles. The van der Waals surface area contributed by atoms with Crippen LogP contribution in [0.15, 0.2) is 66.9 Å². The van der Waals surface area contributed by atoms with Gasteiger partial charge in [0, 0.05) is 42.6 Å². The molecule has 17 heteroatoms. The molecule has 0 amide bonds. The van der Waals surface area contributed by atoms with E-state index in [0.29, 0.717) is 42.0 Å². The van der Waals surface area contributed by atoms with E-state index in [9.17, 15) is 26.0 Å². The average molecular weight is 738 g/mol. The number of aryl methyl sites for hydroxylation is 1. The third-order valence-electron chi connectivity index (χ3n) is 9.14. The summed E-state index contributed by atoms with van der Waals surface area (Å²) >= 11 is 0. The van der Waals surface area contributed by atoms with Gasteiger partial charge in [0.2, 0.25) is 25.8 Å². The Morgan fingerprint density at radius 2 is 1.82 bits per heavy atom. The highest BCUT2D eigenvalue weighted by Gasteiger charge is 2.46. The van der Waals surface area contributed by atoms with Crippen molar-refractivity contribution in [2.24, 2.45) is 0 Å². The number of nitrogen functional groups attached to an aromatic ring is 1. The number of fused-ring (bicyclic) bond motifs is 3. The summed E-state index contributed by atoms with van der Waals surface area (Å²) in [5.74, 6) is -0.0388. The predicted molar refractivity (Wildman–Crippen MR) is 190 cm³/mol. The van der Waals surface area contributed by atoms with Gasteiger partial charge in [-0.3, -0.25) is 14.4 Å². The van der Waals surface area contributed by atoms with E-state index in [-0.39, 0.29) is 53.0 Å². The molecule has 7 rings (SSSR count). The molecule has 14 nitrogen and oxygen atoms in total.